The summed E-state index contributed by atoms with van der Waals surface area (Å²) < 4.78 is 0. The molecule has 2 unspecified atom stereocenters. The van der Waals surface area contributed by atoms with E-state index in [1.54, 1.807) is 29.2 Å². The van der Waals surface area contributed by atoms with E-state index >= 15 is 0 Å². The van der Waals surface area contributed by atoms with Crippen LogP contribution in [0.4, 0.5) is 10.5 Å². The molecule has 0 saturated heterocycles. The summed E-state index contributed by atoms with van der Waals surface area (Å²) in [7, 11) is 0. The number of amides is 2. The van der Waals surface area contributed by atoms with Crippen LogP contribution in [0.25, 0.3) is 0 Å². The number of anilines is 1. The molecule has 0 saturated carbocycles. The van der Waals surface area contributed by atoms with Gasteiger partial charge in [0.1, 0.15) is 5.75 Å². The van der Waals surface area contributed by atoms with Crippen molar-refractivity contribution in [1.29, 1.82) is 0 Å². The first kappa shape index (κ1) is 20.8. The lowest BCUT2D eigenvalue weighted by Gasteiger charge is -2.33. The van der Waals surface area contributed by atoms with E-state index in [-0.39, 0.29) is 18.0 Å². The van der Waals surface area contributed by atoms with Crippen LogP contribution in [-0.2, 0) is 0 Å². The van der Waals surface area contributed by atoms with Gasteiger partial charge in [0.15, 0.2) is 0 Å². The van der Waals surface area contributed by atoms with Gasteiger partial charge in [-0.25, -0.2) is 4.79 Å². The standard InChI is InChI=1S/C22H31N3O2/c1-4-5-6-7-21(24-17(3)18-10-8-16(2)9-11-18)25(22(23)27)19-12-14-20(26)15-13-19/h8-15,17,21,24,26H,4-7H2,1-3H3,(H2,23,27). The predicted octanol–water partition coefficient (Wildman–Crippen LogP) is 4.84. The topological polar surface area (TPSA) is 78.6 Å². The first-order valence-electron chi connectivity index (χ1n) is 9.62. The van der Waals surface area contributed by atoms with Gasteiger partial charge in [0.2, 0.25) is 0 Å². The van der Waals surface area contributed by atoms with Gasteiger partial charge in [-0.1, -0.05) is 56.0 Å². The molecule has 4 N–H and O–H groups in total. The summed E-state index contributed by atoms with van der Waals surface area (Å²) in [5.41, 5.74) is 8.78. The van der Waals surface area contributed by atoms with Crippen LogP contribution >= 0.6 is 0 Å². The van der Waals surface area contributed by atoms with Crippen LogP contribution in [-0.4, -0.2) is 17.3 Å². The molecule has 0 aliphatic rings. The Morgan fingerprint density at radius 2 is 1.74 bits per heavy atom. The number of rotatable bonds is 9. The Balaban J connectivity index is 2.25. The number of urea groups is 1. The molecule has 2 aromatic rings. The second-order valence-corrected chi connectivity index (χ2v) is 7.04. The van der Waals surface area contributed by atoms with Gasteiger partial charge in [0.05, 0.1) is 6.17 Å². The van der Waals surface area contributed by atoms with Crippen LogP contribution in [0.2, 0.25) is 0 Å². The second-order valence-electron chi connectivity index (χ2n) is 7.04. The molecular formula is C22H31N3O2. The van der Waals surface area contributed by atoms with Crippen LogP contribution in [0.3, 0.4) is 0 Å². The molecule has 0 fully saturated rings. The number of carbonyl (C=O) groups excluding carboxylic acids is 1. The minimum absolute atomic E-state index is 0.0659. The van der Waals surface area contributed by atoms with Crippen molar-refractivity contribution < 1.29 is 9.90 Å². The van der Waals surface area contributed by atoms with Crippen molar-refractivity contribution in [3.63, 3.8) is 0 Å². The van der Waals surface area contributed by atoms with Gasteiger partial charge in [-0.2, -0.15) is 0 Å². The monoisotopic (exact) mass is 369 g/mol. The van der Waals surface area contributed by atoms with E-state index < -0.39 is 6.03 Å². The van der Waals surface area contributed by atoms with Crippen LogP contribution < -0.4 is 16.0 Å². The summed E-state index contributed by atoms with van der Waals surface area (Å²) in [5.74, 6) is 0.159. The minimum atomic E-state index is -0.509. The number of hydrogen-bond acceptors (Lipinski definition) is 3. The molecule has 0 spiro atoms. The first-order valence-corrected chi connectivity index (χ1v) is 9.62. The molecule has 0 aromatic heterocycles. The fourth-order valence-corrected chi connectivity index (χ4v) is 3.19. The largest absolute Gasteiger partial charge is 0.508 e. The highest BCUT2D eigenvalue weighted by atomic mass is 16.3. The lowest BCUT2D eigenvalue weighted by molar-refractivity contribution is 0.248. The number of unbranched alkanes of at least 4 members (excludes halogenated alkanes) is 2. The van der Waals surface area contributed by atoms with Crippen molar-refractivity contribution in [2.24, 2.45) is 5.73 Å². The molecule has 146 valence electrons. The van der Waals surface area contributed by atoms with Gasteiger partial charge in [0, 0.05) is 11.7 Å². The zero-order chi connectivity index (χ0) is 19.8. The molecule has 5 heteroatoms. The van der Waals surface area contributed by atoms with Crippen molar-refractivity contribution in [1.82, 2.24) is 5.32 Å². The fourth-order valence-electron chi connectivity index (χ4n) is 3.19. The van der Waals surface area contributed by atoms with E-state index in [1.165, 1.54) is 5.56 Å². The zero-order valence-corrected chi connectivity index (χ0v) is 16.5. The van der Waals surface area contributed by atoms with Gasteiger partial charge in [0.25, 0.3) is 0 Å². The maximum atomic E-state index is 12.3. The van der Waals surface area contributed by atoms with Crippen molar-refractivity contribution >= 4 is 11.7 Å². The molecule has 2 atom stereocenters. The third-order valence-corrected chi connectivity index (χ3v) is 4.78. The fraction of sp³-hybridized carbons (Fsp3) is 0.409. The third kappa shape index (κ3) is 6.00. The lowest BCUT2D eigenvalue weighted by Crippen LogP contribution is -2.52. The number of carbonyl (C=O) groups is 1. The lowest BCUT2D eigenvalue weighted by atomic mass is 10.0. The third-order valence-electron chi connectivity index (χ3n) is 4.78. The number of hydrogen-bond donors (Lipinski definition) is 3. The van der Waals surface area contributed by atoms with Gasteiger partial charge in [-0.15, -0.1) is 0 Å². The number of benzene rings is 2. The number of nitrogens with two attached hydrogens (primary N) is 1. The molecule has 0 aliphatic carbocycles. The van der Waals surface area contributed by atoms with Gasteiger partial charge in [-0.05, 0) is 50.1 Å². The average Bonchev–Trinajstić information content (AvgIpc) is 2.63. The summed E-state index contributed by atoms with van der Waals surface area (Å²) in [5, 5.41) is 13.1. The summed E-state index contributed by atoms with van der Waals surface area (Å²) in [6.07, 6.45) is 3.77. The summed E-state index contributed by atoms with van der Waals surface area (Å²) >= 11 is 0. The molecule has 0 aliphatic heterocycles. The van der Waals surface area contributed by atoms with E-state index in [9.17, 15) is 9.90 Å². The number of phenolic OH excluding ortho intramolecular Hbond substituents is 1. The van der Waals surface area contributed by atoms with Crippen LogP contribution in [0, 0.1) is 6.92 Å². The van der Waals surface area contributed by atoms with Gasteiger partial charge in [-0.3, -0.25) is 10.2 Å². The summed E-state index contributed by atoms with van der Waals surface area (Å²) in [6.45, 7) is 6.31. The normalized spacial score (nSPS) is 13.1. The number of aromatic hydroxyl groups is 1. The number of phenols is 1. The van der Waals surface area contributed by atoms with Gasteiger partial charge >= 0.3 is 6.03 Å². The molecule has 0 heterocycles. The number of nitrogens with zero attached hydrogens (tertiary/aromatic N) is 1. The Morgan fingerprint density at radius 1 is 1.11 bits per heavy atom. The number of primary amides is 1. The smallest absolute Gasteiger partial charge is 0.320 e. The maximum Gasteiger partial charge on any atom is 0.320 e. The van der Waals surface area contributed by atoms with E-state index in [0.717, 1.165) is 31.2 Å². The van der Waals surface area contributed by atoms with Crippen molar-refractivity contribution in [3.8, 4) is 5.75 Å². The Hall–Kier alpha value is -2.53. The molecule has 0 bridgehead atoms. The van der Waals surface area contributed by atoms with Crippen LogP contribution in [0.1, 0.15) is 56.7 Å². The van der Waals surface area contributed by atoms with Crippen LogP contribution in [0.5, 0.6) is 5.75 Å². The molecule has 0 radical (unpaired) electrons. The second kappa shape index (κ2) is 9.97. The first-order chi connectivity index (χ1) is 12.9. The maximum absolute atomic E-state index is 12.3. The summed E-state index contributed by atoms with van der Waals surface area (Å²) in [4.78, 5) is 13.9. The van der Waals surface area contributed by atoms with E-state index in [4.69, 9.17) is 5.73 Å². The van der Waals surface area contributed by atoms with Crippen molar-refractivity contribution in [2.45, 2.75) is 58.7 Å². The van der Waals surface area contributed by atoms with E-state index in [0.29, 0.717) is 5.69 Å². The number of aryl methyl sites for hydroxylation is 1. The SMILES string of the molecule is CCCCCC(NC(C)c1ccc(C)cc1)N(C(N)=O)c1ccc(O)cc1. The Kier molecular flexibility index (Phi) is 7.67. The summed E-state index contributed by atoms with van der Waals surface area (Å²) in [6, 6.07) is 14.5. The van der Waals surface area contributed by atoms with Gasteiger partial charge < -0.3 is 10.8 Å². The Labute approximate surface area is 162 Å². The zero-order valence-electron chi connectivity index (χ0n) is 16.5. The highest BCUT2D eigenvalue weighted by molar-refractivity contribution is 5.91. The molecule has 27 heavy (non-hydrogen) atoms. The molecule has 5 nitrogen and oxygen atoms in total. The predicted molar refractivity (Wildman–Crippen MR) is 111 cm³/mol. The van der Waals surface area contributed by atoms with Crippen LogP contribution in [0.15, 0.2) is 48.5 Å². The van der Waals surface area contributed by atoms with Crippen molar-refractivity contribution in [3.05, 3.63) is 59.7 Å². The molecule has 2 rings (SSSR count). The quantitative estimate of drug-likeness (QED) is 0.437. The van der Waals surface area contributed by atoms with E-state index in [1.807, 2.05) is 0 Å². The number of nitrogens with one attached hydrogen (secondary N) is 1. The highest BCUT2D eigenvalue weighted by Gasteiger charge is 2.25. The van der Waals surface area contributed by atoms with E-state index in [2.05, 4.69) is 50.4 Å². The molecule has 2 aromatic carbocycles. The Morgan fingerprint density at radius 3 is 2.30 bits per heavy atom. The Bertz CT molecular complexity index is 713. The highest BCUT2D eigenvalue weighted by Crippen LogP contribution is 2.24. The molecule has 2 amide bonds. The average molecular weight is 370 g/mol. The molecular weight excluding hydrogens is 338 g/mol. The minimum Gasteiger partial charge on any atom is -0.508 e. The van der Waals surface area contributed by atoms with Crippen molar-refractivity contribution in [2.75, 3.05) is 4.90 Å².